The number of rotatable bonds is 4. The van der Waals surface area contributed by atoms with Crippen LogP contribution in [0, 0.1) is 0 Å². The third-order valence-electron chi connectivity index (χ3n) is 3.41. The Morgan fingerprint density at radius 3 is 2.65 bits per heavy atom. The molecule has 1 fully saturated rings. The molecule has 2 rings (SSSR count). The Kier molecular flexibility index (Phi) is 4.80. The van der Waals surface area contributed by atoms with E-state index in [9.17, 15) is 13.2 Å². The molecule has 2 heterocycles. The van der Waals surface area contributed by atoms with E-state index >= 15 is 0 Å². The molecule has 1 atom stereocenters. The van der Waals surface area contributed by atoms with Crippen LogP contribution in [0.3, 0.4) is 0 Å². The molecule has 1 aromatic rings. The molecule has 1 aromatic heterocycles. The zero-order chi connectivity index (χ0) is 14.6. The molecule has 1 unspecified atom stereocenters. The van der Waals surface area contributed by atoms with Gasteiger partial charge in [-0.3, -0.25) is 0 Å². The first kappa shape index (κ1) is 15.0. The summed E-state index contributed by atoms with van der Waals surface area (Å²) in [4.78, 5) is 2.05. The van der Waals surface area contributed by atoms with Crippen molar-refractivity contribution >= 4 is 5.82 Å². The Hall–Kier alpha value is -1.37. The Balaban J connectivity index is 2.16. The number of anilines is 1. The molecule has 20 heavy (non-hydrogen) atoms. The van der Waals surface area contributed by atoms with Crippen molar-refractivity contribution in [3.8, 4) is 0 Å². The summed E-state index contributed by atoms with van der Waals surface area (Å²) >= 11 is 0. The molecule has 7 heteroatoms. The van der Waals surface area contributed by atoms with Crippen LogP contribution in [0.1, 0.15) is 31.9 Å². The van der Waals surface area contributed by atoms with Gasteiger partial charge in [-0.15, -0.1) is 10.2 Å². The van der Waals surface area contributed by atoms with Gasteiger partial charge in [0, 0.05) is 19.1 Å². The van der Waals surface area contributed by atoms with E-state index in [1.807, 2.05) is 6.92 Å². The molecular formula is C13H19F3N4. The molecule has 0 saturated carbocycles. The lowest BCUT2D eigenvalue weighted by atomic mass is 10.1. The lowest BCUT2D eigenvalue weighted by Gasteiger charge is -2.35. The summed E-state index contributed by atoms with van der Waals surface area (Å²) in [6.07, 6.45) is -1.43. The van der Waals surface area contributed by atoms with Gasteiger partial charge in [0.15, 0.2) is 11.5 Å². The van der Waals surface area contributed by atoms with Crippen LogP contribution < -0.4 is 10.2 Å². The highest BCUT2D eigenvalue weighted by Gasteiger charge is 2.33. The lowest BCUT2D eigenvalue weighted by Crippen LogP contribution is -2.47. The number of halogens is 3. The maximum Gasteiger partial charge on any atom is 0.435 e. The van der Waals surface area contributed by atoms with Crippen molar-refractivity contribution in [3.05, 3.63) is 17.8 Å². The summed E-state index contributed by atoms with van der Waals surface area (Å²) < 4.78 is 37.5. The fraction of sp³-hybridized carbons (Fsp3) is 0.692. The fourth-order valence-electron chi connectivity index (χ4n) is 2.45. The van der Waals surface area contributed by atoms with E-state index in [4.69, 9.17) is 0 Å². The van der Waals surface area contributed by atoms with Gasteiger partial charge in [-0.05, 0) is 37.9 Å². The van der Waals surface area contributed by atoms with E-state index in [1.54, 1.807) is 0 Å². The zero-order valence-corrected chi connectivity index (χ0v) is 11.5. The monoisotopic (exact) mass is 288 g/mol. The first-order valence-corrected chi connectivity index (χ1v) is 6.90. The zero-order valence-electron chi connectivity index (χ0n) is 11.5. The summed E-state index contributed by atoms with van der Waals surface area (Å²) in [5.74, 6) is 0.522. The first-order chi connectivity index (χ1) is 9.52. The summed E-state index contributed by atoms with van der Waals surface area (Å²) in [7, 11) is 0. The normalized spacial score (nSPS) is 19.9. The largest absolute Gasteiger partial charge is 0.435 e. The first-order valence-electron chi connectivity index (χ1n) is 6.90. The molecule has 0 amide bonds. The van der Waals surface area contributed by atoms with Crippen molar-refractivity contribution in [3.63, 3.8) is 0 Å². The molecular weight excluding hydrogens is 269 g/mol. The topological polar surface area (TPSA) is 41.1 Å². The number of hydrogen-bond donors (Lipinski definition) is 1. The highest BCUT2D eigenvalue weighted by Crippen LogP contribution is 2.28. The van der Waals surface area contributed by atoms with Crippen molar-refractivity contribution < 1.29 is 13.2 Å². The number of aromatic nitrogens is 2. The van der Waals surface area contributed by atoms with Crippen molar-refractivity contribution in [1.29, 1.82) is 0 Å². The molecule has 1 aliphatic rings. The van der Waals surface area contributed by atoms with Gasteiger partial charge in [0.2, 0.25) is 0 Å². The molecule has 0 aromatic carbocycles. The van der Waals surface area contributed by atoms with E-state index in [2.05, 4.69) is 20.4 Å². The van der Waals surface area contributed by atoms with Crippen molar-refractivity contribution in [2.75, 3.05) is 24.5 Å². The van der Waals surface area contributed by atoms with E-state index in [1.165, 1.54) is 6.07 Å². The third-order valence-corrected chi connectivity index (χ3v) is 3.41. The van der Waals surface area contributed by atoms with Crippen molar-refractivity contribution in [1.82, 2.24) is 15.5 Å². The van der Waals surface area contributed by atoms with Crippen LogP contribution in [0.2, 0.25) is 0 Å². The van der Waals surface area contributed by atoms with Gasteiger partial charge in [-0.2, -0.15) is 13.2 Å². The maximum absolute atomic E-state index is 12.5. The second-order valence-corrected chi connectivity index (χ2v) is 4.97. The average Bonchev–Trinajstić information content (AvgIpc) is 2.45. The summed E-state index contributed by atoms with van der Waals surface area (Å²) in [6.45, 7) is 4.64. The van der Waals surface area contributed by atoms with Crippen LogP contribution in [0.5, 0.6) is 0 Å². The molecule has 0 radical (unpaired) electrons. The van der Waals surface area contributed by atoms with E-state index in [-0.39, 0.29) is 6.04 Å². The van der Waals surface area contributed by atoms with E-state index in [0.29, 0.717) is 5.82 Å². The fourth-order valence-corrected chi connectivity index (χ4v) is 2.45. The second kappa shape index (κ2) is 6.39. The van der Waals surface area contributed by atoms with Gasteiger partial charge in [0.25, 0.3) is 0 Å². The van der Waals surface area contributed by atoms with Gasteiger partial charge in [-0.1, -0.05) is 6.92 Å². The number of hydrogen-bond acceptors (Lipinski definition) is 4. The lowest BCUT2D eigenvalue weighted by molar-refractivity contribution is -0.141. The van der Waals surface area contributed by atoms with Crippen LogP contribution in [0.4, 0.5) is 19.0 Å². The highest BCUT2D eigenvalue weighted by molar-refractivity contribution is 5.39. The van der Waals surface area contributed by atoms with Crippen LogP contribution in [0.15, 0.2) is 12.1 Å². The molecule has 112 valence electrons. The van der Waals surface area contributed by atoms with Gasteiger partial charge in [0.1, 0.15) is 0 Å². The third kappa shape index (κ3) is 3.59. The van der Waals surface area contributed by atoms with Gasteiger partial charge in [0.05, 0.1) is 0 Å². The molecule has 4 nitrogen and oxygen atoms in total. The summed E-state index contributed by atoms with van der Waals surface area (Å²) in [6, 6.07) is 2.69. The van der Waals surface area contributed by atoms with Crippen molar-refractivity contribution in [2.24, 2.45) is 0 Å². The van der Waals surface area contributed by atoms with Crippen LogP contribution >= 0.6 is 0 Å². The maximum atomic E-state index is 12.5. The number of nitrogens with one attached hydrogen (secondary N) is 1. The summed E-state index contributed by atoms with van der Waals surface area (Å²) in [5, 5.41) is 10.4. The number of alkyl halides is 3. The van der Waals surface area contributed by atoms with Crippen LogP contribution in [-0.2, 0) is 6.18 Å². The minimum absolute atomic E-state index is 0.273. The standard InChI is InChI=1S/C13H19F3N4/c1-2-8-20(10-4-3-7-17-9-10)12-6-5-11(18-19-12)13(14,15)16/h5-6,10,17H,2-4,7-9H2,1H3. The molecule has 1 N–H and O–H groups in total. The molecule has 0 aliphatic carbocycles. The minimum atomic E-state index is -4.44. The molecule has 0 spiro atoms. The van der Waals surface area contributed by atoms with Gasteiger partial charge >= 0.3 is 6.18 Å². The van der Waals surface area contributed by atoms with Crippen molar-refractivity contribution in [2.45, 2.75) is 38.4 Å². The van der Waals surface area contributed by atoms with Gasteiger partial charge < -0.3 is 10.2 Å². The highest BCUT2D eigenvalue weighted by atomic mass is 19.4. The average molecular weight is 288 g/mol. The van der Waals surface area contributed by atoms with Crippen LogP contribution in [-0.4, -0.2) is 35.9 Å². The molecule has 1 saturated heterocycles. The predicted octanol–water partition coefficient (Wildman–Crippen LogP) is 2.46. The van der Waals surface area contributed by atoms with E-state index in [0.717, 1.165) is 45.0 Å². The predicted molar refractivity (Wildman–Crippen MR) is 70.6 cm³/mol. The molecule has 1 aliphatic heterocycles. The quantitative estimate of drug-likeness (QED) is 0.924. The smallest absolute Gasteiger partial charge is 0.351 e. The number of piperidine rings is 1. The summed E-state index contributed by atoms with van der Waals surface area (Å²) in [5.41, 5.74) is -0.945. The van der Waals surface area contributed by atoms with E-state index < -0.39 is 11.9 Å². The SMILES string of the molecule is CCCN(c1ccc(C(F)(F)F)nn1)C1CCCNC1. The molecule has 0 bridgehead atoms. The second-order valence-electron chi connectivity index (χ2n) is 4.97. The minimum Gasteiger partial charge on any atom is -0.351 e. The Morgan fingerprint density at radius 1 is 1.35 bits per heavy atom. The Labute approximate surface area is 116 Å². The Morgan fingerprint density at radius 2 is 2.15 bits per heavy atom. The number of nitrogens with zero attached hydrogens (tertiary/aromatic N) is 3. The van der Waals surface area contributed by atoms with Gasteiger partial charge in [-0.25, -0.2) is 0 Å². The van der Waals surface area contributed by atoms with Crippen LogP contribution in [0.25, 0.3) is 0 Å². The Bertz CT molecular complexity index is 413.